The summed E-state index contributed by atoms with van der Waals surface area (Å²) in [5, 5.41) is 1.77. The Balaban J connectivity index is 1.60. The highest BCUT2D eigenvalue weighted by molar-refractivity contribution is 6.23. The largest absolute Gasteiger partial charge is 0.494 e. The molecule has 2 aromatic rings. The third-order valence-electron chi connectivity index (χ3n) is 5.53. The lowest BCUT2D eigenvalue weighted by atomic mass is 9.90. The van der Waals surface area contributed by atoms with Crippen LogP contribution >= 0.6 is 0 Å². The summed E-state index contributed by atoms with van der Waals surface area (Å²) in [4.78, 5) is 33.9. The number of amides is 2. The lowest BCUT2D eigenvalue weighted by molar-refractivity contribution is -0.126. The summed E-state index contributed by atoms with van der Waals surface area (Å²) in [6.07, 6.45) is 0.880. The predicted octanol–water partition coefficient (Wildman–Crippen LogP) is 4.20. The lowest BCUT2D eigenvalue weighted by Crippen LogP contribution is -2.41. The van der Waals surface area contributed by atoms with E-state index in [-0.39, 0.29) is 17.9 Å². The Labute approximate surface area is 177 Å². The van der Waals surface area contributed by atoms with E-state index in [0.29, 0.717) is 18.2 Å². The van der Waals surface area contributed by atoms with Gasteiger partial charge in [-0.05, 0) is 55.2 Å². The number of benzene rings is 2. The Morgan fingerprint density at radius 3 is 2.30 bits per heavy atom. The van der Waals surface area contributed by atoms with Gasteiger partial charge in [-0.25, -0.2) is 9.96 Å². The quantitative estimate of drug-likeness (QED) is 0.643. The fraction of sp³-hybridized carbons (Fsp3) is 0.417. The molecule has 3 atom stereocenters. The van der Waals surface area contributed by atoms with Crippen LogP contribution in [0.25, 0.3) is 0 Å². The van der Waals surface area contributed by atoms with E-state index in [9.17, 15) is 9.59 Å². The van der Waals surface area contributed by atoms with Gasteiger partial charge in [-0.15, -0.1) is 0 Å². The van der Waals surface area contributed by atoms with E-state index < -0.39 is 12.0 Å². The number of para-hydroxylation sites is 1. The summed E-state index contributed by atoms with van der Waals surface area (Å²) in [7, 11) is 0. The molecule has 0 aromatic heterocycles. The van der Waals surface area contributed by atoms with Gasteiger partial charge in [0.25, 0.3) is 5.91 Å². The van der Waals surface area contributed by atoms with Crippen LogP contribution < -0.4 is 14.7 Å². The number of hydroxylamine groups is 1. The van der Waals surface area contributed by atoms with E-state index in [1.165, 1.54) is 4.90 Å². The second kappa shape index (κ2) is 8.48. The van der Waals surface area contributed by atoms with E-state index in [2.05, 4.69) is 13.8 Å². The van der Waals surface area contributed by atoms with Crippen LogP contribution in [0, 0.1) is 11.8 Å². The maximum absolute atomic E-state index is 13.4. The molecule has 2 saturated heterocycles. The molecule has 2 aliphatic rings. The van der Waals surface area contributed by atoms with Gasteiger partial charge in [0.15, 0.2) is 6.10 Å². The van der Waals surface area contributed by atoms with Crippen LogP contribution in [0.3, 0.4) is 0 Å². The van der Waals surface area contributed by atoms with Crippen molar-refractivity contribution in [1.82, 2.24) is 0 Å². The van der Waals surface area contributed by atoms with E-state index in [4.69, 9.17) is 9.57 Å². The van der Waals surface area contributed by atoms with E-state index >= 15 is 0 Å². The van der Waals surface area contributed by atoms with Gasteiger partial charge >= 0.3 is 0 Å². The number of hydrogen-bond donors (Lipinski definition) is 0. The molecule has 6 nitrogen and oxygen atoms in total. The molecule has 30 heavy (non-hydrogen) atoms. The summed E-state index contributed by atoms with van der Waals surface area (Å²) in [5.41, 5.74) is 1.42. The van der Waals surface area contributed by atoms with E-state index in [1.54, 1.807) is 29.3 Å². The average Bonchev–Trinajstić information content (AvgIpc) is 3.23. The molecule has 158 valence electrons. The number of imide groups is 1. The number of carbonyl (C=O) groups excluding carboxylic acids is 2. The van der Waals surface area contributed by atoms with Crippen LogP contribution in [0.15, 0.2) is 54.6 Å². The van der Waals surface area contributed by atoms with Gasteiger partial charge in [0, 0.05) is 0 Å². The molecular formula is C24H28N2O4. The van der Waals surface area contributed by atoms with Crippen molar-refractivity contribution in [1.29, 1.82) is 0 Å². The number of rotatable bonds is 7. The number of fused-ring (bicyclic) bond motifs is 1. The van der Waals surface area contributed by atoms with Crippen LogP contribution in [0.5, 0.6) is 5.75 Å². The topological polar surface area (TPSA) is 59.1 Å². The molecule has 6 heteroatoms. The van der Waals surface area contributed by atoms with E-state index in [0.717, 1.165) is 24.3 Å². The first kappa shape index (κ1) is 20.4. The molecule has 0 spiro atoms. The number of ether oxygens (including phenoxy) is 1. The highest BCUT2D eigenvalue weighted by Gasteiger charge is 2.59. The first-order valence-corrected chi connectivity index (χ1v) is 10.6. The molecule has 0 radical (unpaired) electrons. The third-order valence-corrected chi connectivity index (χ3v) is 5.53. The first-order chi connectivity index (χ1) is 14.5. The molecule has 0 saturated carbocycles. The fourth-order valence-corrected chi connectivity index (χ4v) is 4.21. The number of hydrogen-bond acceptors (Lipinski definition) is 5. The summed E-state index contributed by atoms with van der Waals surface area (Å²) in [6, 6.07) is 16.6. The minimum Gasteiger partial charge on any atom is -0.494 e. The van der Waals surface area contributed by atoms with E-state index in [1.807, 2.05) is 37.3 Å². The Kier molecular flexibility index (Phi) is 5.77. The van der Waals surface area contributed by atoms with Gasteiger partial charge < -0.3 is 4.74 Å². The summed E-state index contributed by atoms with van der Waals surface area (Å²) in [5.74, 6) is 0.0615. The fourth-order valence-electron chi connectivity index (χ4n) is 4.21. The molecular weight excluding hydrogens is 380 g/mol. The first-order valence-electron chi connectivity index (χ1n) is 10.6. The lowest BCUT2D eigenvalue weighted by Gasteiger charge is -2.29. The number of nitrogens with zero attached hydrogens (tertiary/aromatic N) is 2. The predicted molar refractivity (Wildman–Crippen MR) is 115 cm³/mol. The zero-order valence-corrected chi connectivity index (χ0v) is 17.7. The molecule has 0 N–H and O–H groups in total. The van der Waals surface area contributed by atoms with Crippen molar-refractivity contribution < 1.29 is 19.2 Å². The van der Waals surface area contributed by atoms with Crippen LogP contribution in [0.1, 0.15) is 33.6 Å². The minimum atomic E-state index is -0.794. The maximum Gasteiger partial charge on any atom is 0.266 e. The molecule has 2 heterocycles. The van der Waals surface area contributed by atoms with Crippen LogP contribution in [-0.4, -0.2) is 30.6 Å². The van der Waals surface area contributed by atoms with Crippen molar-refractivity contribution in [2.24, 2.45) is 11.8 Å². The third kappa shape index (κ3) is 3.67. The second-order valence-corrected chi connectivity index (χ2v) is 8.26. The normalized spacial score (nSPS) is 23.4. The molecule has 2 aromatic carbocycles. The molecule has 4 rings (SSSR count). The summed E-state index contributed by atoms with van der Waals surface area (Å²) in [6.45, 7) is 6.90. The van der Waals surface area contributed by atoms with Crippen molar-refractivity contribution in [3.05, 3.63) is 54.6 Å². The van der Waals surface area contributed by atoms with Crippen LogP contribution in [0.4, 0.5) is 11.4 Å². The smallest absolute Gasteiger partial charge is 0.266 e. The van der Waals surface area contributed by atoms with Gasteiger partial charge in [0.1, 0.15) is 5.75 Å². The Bertz CT molecular complexity index is 897. The summed E-state index contributed by atoms with van der Waals surface area (Å²) >= 11 is 0. The molecule has 0 aliphatic carbocycles. The van der Waals surface area contributed by atoms with Crippen molar-refractivity contribution in [3.63, 3.8) is 0 Å². The summed E-state index contributed by atoms with van der Waals surface area (Å²) < 4.78 is 5.61. The second-order valence-electron chi connectivity index (χ2n) is 8.26. The molecule has 0 bridgehead atoms. The van der Waals surface area contributed by atoms with Gasteiger partial charge in [0.05, 0.1) is 29.9 Å². The molecule has 2 fully saturated rings. The SMILES string of the molecule is CCCOc1ccc(N2C(=O)[C@@H]3[C@@H](CC(C)C)N(c4ccccc4)O[C@H]3C2=O)cc1. The van der Waals surface area contributed by atoms with Crippen LogP contribution in [-0.2, 0) is 14.4 Å². The maximum atomic E-state index is 13.4. The zero-order valence-electron chi connectivity index (χ0n) is 17.7. The van der Waals surface area contributed by atoms with Crippen LogP contribution in [0.2, 0.25) is 0 Å². The van der Waals surface area contributed by atoms with Crippen molar-refractivity contribution >= 4 is 23.2 Å². The van der Waals surface area contributed by atoms with Crippen molar-refractivity contribution in [3.8, 4) is 5.75 Å². The monoisotopic (exact) mass is 408 g/mol. The Hall–Kier alpha value is -2.86. The van der Waals surface area contributed by atoms with Gasteiger partial charge in [-0.1, -0.05) is 39.0 Å². The molecule has 2 amide bonds. The highest BCUT2D eigenvalue weighted by atomic mass is 16.7. The standard InChI is InChI=1S/C24H28N2O4/c1-4-14-29-19-12-10-17(11-13-19)25-23(27)21-20(15-16(2)3)26(30-22(21)24(25)28)18-8-6-5-7-9-18/h5-13,16,20-22H,4,14-15H2,1-3H3/t20-,21-,22-/m1/s1. The molecule has 0 unspecified atom stereocenters. The number of anilines is 2. The average molecular weight is 408 g/mol. The van der Waals surface area contributed by atoms with Crippen molar-refractivity contribution in [2.75, 3.05) is 16.6 Å². The van der Waals surface area contributed by atoms with Gasteiger partial charge in [-0.2, -0.15) is 0 Å². The van der Waals surface area contributed by atoms with Gasteiger partial charge in [-0.3, -0.25) is 14.4 Å². The Morgan fingerprint density at radius 2 is 1.67 bits per heavy atom. The van der Waals surface area contributed by atoms with Gasteiger partial charge in [0.2, 0.25) is 5.91 Å². The number of carbonyl (C=O) groups is 2. The zero-order chi connectivity index (χ0) is 21.3. The minimum absolute atomic E-state index is 0.189. The van der Waals surface area contributed by atoms with Crippen molar-refractivity contribution in [2.45, 2.75) is 45.8 Å². The highest BCUT2D eigenvalue weighted by Crippen LogP contribution is 2.42. The molecule has 2 aliphatic heterocycles. The Morgan fingerprint density at radius 1 is 0.967 bits per heavy atom.